The lowest BCUT2D eigenvalue weighted by Gasteiger charge is -2.09. The van der Waals surface area contributed by atoms with E-state index in [0.717, 1.165) is 11.3 Å². The van der Waals surface area contributed by atoms with Crippen molar-refractivity contribution in [3.05, 3.63) is 16.3 Å². The van der Waals surface area contributed by atoms with E-state index in [9.17, 15) is 13.2 Å². The molecule has 0 amide bonds. The SMILES string of the molecule is CSC(C)CCNS(=O)(=O)c1ccsc1C(=O)O. The summed E-state index contributed by atoms with van der Waals surface area (Å²) in [6, 6.07) is 1.31. The zero-order valence-electron chi connectivity index (χ0n) is 10.0. The third-order valence-corrected chi connectivity index (χ3v) is 5.93. The lowest BCUT2D eigenvalue weighted by Crippen LogP contribution is -2.27. The molecule has 0 fully saturated rings. The number of carboxylic acids is 1. The number of rotatable bonds is 7. The molecule has 18 heavy (non-hydrogen) atoms. The standard InChI is InChI=1S/C10H15NO4S3/c1-7(16-2)3-5-11-18(14,15)8-4-6-17-9(8)10(12)13/h4,6-7,11H,3,5H2,1-2H3,(H,12,13). The molecular formula is C10H15NO4S3. The Morgan fingerprint density at radius 3 is 2.83 bits per heavy atom. The molecule has 1 heterocycles. The van der Waals surface area contributed by atoms with Gasteiger partial charge in [-0.25, -0.2) is 17.9 Å². The zero-order valence-corrected chi connectivity index (χ0v) is 12.5. The molecule has 0 aliphatic heterocycles. The van der Waals surface area contributed by atoms with E-state index in [1.807, 2.05) is 13.2 Å². The Labute approximate surface area is 115 Å². The third-order valence-electron chi connectivity index (χ3n) is 2.36. The highest BCUT2D eigenvalue weighted by Gasteiger charge is 2.23. The molecule has 0 saturated heterocycles. The topological polar surface area (TPSA) is 83.5 Å². The number of hydrogen-bond donors (Lipinski definition) is 2. The van der Waals surface area contributed by atoms with Crippen LogP contribution in [-0.4, -0.2) is 37.5 Å². The van der Waals surface area contributed by atoms with Crippen molar-refractivity contribution in [2.45, 2.75) is 23.5 Å². The smallest absolute Gasteiger partial charge is 0.347 e. The van der Waals surface area contributed by atoms with Gasteiger partial charge in [-0.15, -0.1) is 11.3 Å². The van der Waals surface area contributed by atoms with Gasteiger partial charge in [0.15, 0.2) is 0 Å². The van der Waals surface area contributed by atoms with Crippen molar-refractivity contribution in [2.75, 3.05) is 12.8 Å². The molecule has 2 N–H and O–H groups in total. The van der Waals surface area contributed by atoms with Crippen LogP contribution in [0.25, 0.3) is 0 Å². The van der Waals surface area contributed by atoms with E-state index in [4.69, 9.17) is 5.11 Å². The third kappa shape index (κ3) is 3.98. The highest BCUT2D eigenvalue weighted by molar-refractivity contribution is 7.99. The number of sulfonamides is 1. The van der Waals surface area contributed by atoms with Gasteiger partial charge in [0.1, 0.15) is 9.77 Å². The molecule has 5 nitrogen and oxygen atoms in total. The van der Waals surface area contributed by atoms with E-state index < -0.39 is 16.0 Å². The molecular weight excluding hydrogens is 294 g/mol. The molecule has 102 valence electrons. The van der Waals surface area contributed by atoms with Crippen LogP contribution in [0.2, 0.25) is 0 Å². The molecule has 0 aromatic carbocycles. The van der Waals surface area contributed by atoms with Crippen LogP contribution >= 0.6 is 23.1 Å². The molecule has 1 rings (SSSR count). The van der Waals surface area contributed by atoms with E-state index in [1.54, 1.807) is 11.8 Å². The first-order chi connectivity index (χ1) is 8.38. The minimum Gasteiger partial charge on any atom is -0.477 e. The van der Waals surface area contributed by atoms with Gasteiger partial charge in [0.05, 0.1) is 0 Å². The molecule has 0 aliphatic rings. The van der Waals surface area contributed by atoms with Gasteiger partial charge in [0.2, 0.25) is 10.0 Å². The number of hydrogen-bond acceptors (Lipinski definition) is 5. The maximum atomic E-state index is 11.9. The Balaban J connectivity index is 2.75. The Bertz CT molecular complexity index is 509. The summed E-state index contributed by atoms with van der Waals surface area (Å²) in [5.74, 6) is -1.22. The summed E-state index contributed by atoms with van der Waals surface area (Å²) in [5.41, 5.74) is 0. The van der Waals surface area contributed by atoms with Gasteiger partial charge in [0.25, 0.3) is 0 Å². The monoisotopic (exact) mass is 309 g/mol. The van der Waals surface area contributed by atoms with Crippen LogP contribution in [0.3, 0.4) is 0 Å². The summed E-state index contributed by atoms with van der Waals surface area (Å²) in [7, 11) is -3.73. The van der Waals surface area contributed by atoms with Crippen LogP contribution in [-0.2, 0) is 10.0 Å². The Morgan fingerprint density at radius 2 is 2.28 bits per heavy atom. The number of thiophene rings is 1. The average molecular weight is 309 g/mol. The fraction of sp³-hybridized carbons (Fsp3) is 0.500. The van der Waals surface area contributed by atoms with Crippen LogP contribution in [0.1, 0.15) is 23.0 Å². The molecule has 0 radical (unpaired) electrons. The minimum absolute atomic E-state index is 0.152. The Morgan fingerprint density at radius 1 is 1.61 bits per heavy atom. The molecule has 0 aliphatic carbocycles. The van der Waals surface area contributed by atoms with Gasteiger partial charge in [0, 0.05) is 11.8 Å². The minimum atomic E-state index is -3.73. The van der Waals surface area contributed by atoms with Crippen molar-refractivity contribution >= 4 is 39.1 Å². The largest absolute Gasteiger partial charge is 0.477 e. The van der Waals surface area contributed by atoms with Crippen molar-refractivity contribution in [2.24, 2.45) is 0 Å². The van der Waals surface area contributed by atoms with Crippen molar-refractivity contribution in [3.8, 4) is 0 Å². The lowest BCUT2D eigenvalue weighted by molar-refractivity contribution is 0.0698. The molecule has 8 heteroatoms. The van der Waals surface area contributed by atoms with Gasteiger partial charge >= 0.3 is 5.97 Å². The average Bonchev–Trinajstić information content (AvgIpc) is 2.78. The van der Waals surface area contributed by atoms with Gasteiger partial charge in [-0.3, -0.25) is 0 Å². The van der Waals surface area contributed by atoms with Gasteiger partial charge in [-0.2, -0.15) is 11.8 Å². The van der Waals surface area contributed by atoms with Crippen LogP contribution in [0, 0.1) is 0 Å². The van der Waals surface area contributed by atoms with Crippen molar-refractivity contribution in [3.63, 3.8) is 0 Å². The predicted molar refractivity (Wildman–Crippen MR) is 74.1 cm³/mol. The summed E-state index contributed by atoms with van der Waals surface area (Å²) >= 11 is 2.56. The van der Waals surface area contributed by atoms with Gasteiger partial charge < -0.3 is 5.11 Å². The highest BCUT2D eigenvalue weighted by Crippen LogP contribution is 2.21. The quantitative estimate of drug-likeness (QED) is 0.803. The summed E-state index contributed by atoms with van der Waals surface area (Å²) < 4.78 is 26.3. The van der Waals surface area contributed by atoms with Crippen LogP contribution in [0.5, 0.6) is 0 Å². The lowest BCUT2D eigenvalue weighted by atomic mass is 10.3. The van der Waals surface area contributed by atoms with Crippen molar-refractivity contribution in [1.82, 2.24) is 4.72 Å². The Hall–Kier alpha value is -0.570. The van der Waals surface area contributed by atoms with Crippen LogP contribution in [0.15, 0.2) is 16.3 Å². The highest BCUT2D eigenvalue weighted by atomic mass is 32.2. The number of carbonyl (C=O) groups is 1. The second-order valence-electron chi connectivity index (χ2n) is 3.65. The van der Waals surface area contributed by atoms with Crippen molar-refractivity contribution in [1.29, 1.82) is 0 Å². The fourth-order valence-corrected chi connectivity index (χ4v) is 3.92. The summed E-state index contributed by atoms with van der Waals surface area (Å²) in [5, 5.41) is 10.7. The fourth-order valence-electron chi connectivity index (χ4n) is 1.26. The molecule has 0 spiro atoms. The first-order valence-corrected chi connectivity index (χ1v) is 8.86. The summed E-state index contributed by atoms with van der Waals surface area (Å²) in [6.45, 7) is 2.31. The maximum absolute atomic E-state index is 11.9. The number of carboxylic acid groups (broad SMARTS) is 1. The number of thioether (sulfide) groups is 1. The second-order valence-corrected chi connectivity index (χ2v) is 7.58. The number of nitrogens with one attached hydrogen (secondary N) is 1. The van der Waals surface area contributed by atoms with Gasteiger partial charge in [-0.05, 0) is 24.1 Å². The van der Waals surface area contributed by atoms with E-state index in [2.05, 4.69) is 4.72 Å². The molecule has 1 aromatic rings. The van der Waals surface area contributed by atoms with E-state index in [1.165, 1.54) is 11.4 Å². The van der Waals surface area contributed by atoms with E-state index in [0.29, 0.717) is 18.2 Å². The van der Waals surface area contributed by atoms with Crippen LogP contribution < -0.4 is 4.72 Å². The molecule has 0 saturated carbocycles. The van der Waals surface area contributed by atoms with E-state index in [-0.39, 0.29) is 9.77 Å². The van der Waals surface area contributed by atoms with Crippen LogP contribution in [0.4, 0.5) is 0 Å². The first-order valence-electron chi connectivity index (χ1n) is 5.21. The predicted octanol–water partition coefficient (Wildman–Crippen LogP) is 1.87. The zero-order chi connectivity index (χ0) is 13.8. The summed E-state index contributed by atoms with van der Waals surface area (Å²) in [4.78, 5) is 10.6. The molecule has 1 unspecified atom stereocenters. The first kappa shape index (κ1) is 15.5. The van der Waals surface area contributed by atoms with Gasteiger partial charge in [-0.1, -0.05) is 6.92 Å². The molecule has 0 bridgehead atoms. The maximum Gasteiger partial charge on any atom is 0.347 e. The van der Waals surface area contributed by atoms with E-state index >= 15 is 0 Å². The number of aromatic carboxylic acids is 1. The van der Waals surface area contributed by atoms with Crippen molar-refractivity contribution < 1.29 is 18.3 Å². The summed E-state index contributed by atoms with van der Waals surface area (Å²) in [6.07, 6.45) is 2.66. The Kier molecular flexibility index (Phi) is 5.64. The molecule has 1 atom stereocenters. The second kappa shape index (κ2) is 6.55. The molecule has 1 aromatic heterocycles. The normalized spacial score (nSPS) is 13.4.